The minimum absolute atomic E-state index is 0.0486. The van der Waals surface area contributed by atoms with Gasteiger partial charge in [0.05, 0.1) is 24.6 Å². The summed E-state index contributed by atoms with van der Waals surface area (Å²) >= 11 is 0. The minimum atomic E-state index is -0.277. The molecule has 20 heavy (non-hydrogen) atoms. The second-order valence-electron chi connectivity index (χ2n) is 4.66. The van der Waals surface area contributed by atoms with Crippen molar-refractivity contribution in [3.8, 4) is 0 Å². The average Bonchev–Trinajstić information content (AvgIpc) is 3.03. The van der Waals surface area contributed by atoms with E-state index in [1.807, 2.05) is 0 Å². The standard InChI is InChI=1S/C12H16N4O4/c1-18-5-10-9(19-2)3-8(20-10)7-4-13-11-12(17)14-6-15-16(7)11/h4,6,8-10H,3,5H2,1-2H3,(H,14,15,17)/t8-,9+,10-/m1/s1. The SMILES string of the molecule is COC[C@H]1O[C@@H](c2cnc3c(=O)[nH]cnn23)C[C@@H]1OC. The molecule has 0 aromatic carbocycles. The molecule has 0 aliphatic carbocycles. The minimum Gasteiger partial charge on any atom is -0.382 e. The zero-order chi connectivity index (χ0) is 14.1. The first kappa shape index (κ1) is 13.2. The number of rotatable bonds is 4. The van der Waals surface area contributed by atoms with Crippen molar-refractivity contribution in [1.82, 2.24) is 19.6 Å². The van der Waals surface area contributed by atoms with E-state index >= 15 is 0 Å². The highest BCUT2D eigenvalue weighted by Gasteiger charge is 2.37. The van der Waals surface area contributed by atoms with E-state index in [2.05, 4.69) is 15.1 Å². The van der Waals surface area contributed by atoms with Gasteiger partial charge in [-0.3, -0.25) is 4.79 Å². The van der Waals surface area contributed by atoms with Crippen molar-refractivity contribution in [2.75, 3.05) is 20.8 Å². The van der Waals surface area contributed by atoms with E-state index < -0.39 is 0 Å². The van der Waals surface area contributed by atoms with E-state index in [1.165, 1.54) is 10.8 Å². The molecule has 3 rings (SSSR count). The Kier molecular flexibility index (Phi) is 3.51. The summed E-state index contributed by atoms with van der Waals surface area (Å²) in [7, 11) is 3.27. The number of H-pyrrole nitrogens is 1. The smallest absolute Gasteiger partial charge is 0.294 e. The molecule has 1 fully saturated rings. The first-order valence-corrected chi connectivity index (χ1v) is 6.33. The van der Waals surface area contributed by atoms with Crippen LogP contribution in [0.25, 0.3) is 5.65 Å². The van der Waals surface area contributed by atoms with Crippen molar-refractivity contribution in [2.24, 2.45) is 0 Å². The number of nitrogens with one attached hydrogen (secondary N) is 1. The molecule has 3 atom stereocenters. The van der Waals surface area contributed by atoms with Gasteiger partial charge in [-0.1, -0.05) is 0 Å². The van der Waals surface area contributed by atoms with Crippen LogP contribution in [0.1, 0.15) is 18.2 Å². The van der Waals surface area contributed by atoms with Crippen LogP contribution in [0.3, 0.4) is 0 Å². The van der Waals surface area contributed by atoms with Crippen LogP contribution in [0.15, 0.2) is 17.3 Å². The van der Waals surface area contributed by atoms with Crippen LogP contribution in [0, 0.1) is 0 Å². The molecule has 1 N–H and O–H groups in total. The summed E-state index contributed by atoms with van der Waals surface area (Å²) in [5.41, 5.74) is 0.725. The Bertz CT molecular complexity index is 652. The lowest BCUT2D eigenvalue weighted by atomic mass is 10.1. The highest BCUT2D eigenvalue weighted by atomic mass is 16.6. The maximum absolute atomic E-state index is 11.6. The normalized spacial score (nSPS) is 26.4. The number of ether oxygens (including phenoxy) is 3. The lowest BCUT2D eigenvalue weighted by Crippen LogP contribution is -2.27. The Balaban J connectivity index is 1.92. The topological polar surface area (TPSA) is 90.7 Å². The fraction of sp³-hybridized carbons (Fsp3) is 0.583. The zero-order valence-electron chi connectivity index (χ0n) is 11.3. The van der Waals surface area contributed by atoms with Gasteiger partial charge in [-0.05, 0) is 0 Å². The molecule has 8 heteroatoms. The monoisotopic (exact) mass is 280 g/mol. The van der Waals surface area contributed by atoms with Gasteiger partial charge in [-0.25, -0.2) is 9.50 Å². The Labute approximate surface area is 114 Å². The highest BCUT2D eigenvalue weighted by Crippen LogP contribution is 2.34. The lowest BCUT2D eigenvalue weighted by molar-refractivity contribution is -0.0455. The second kappa shape index (κ2) is 5.31. The number of hydrogen-bond acceptors (Lipinski definition) is 6. The van der Waals surface area contributed by atoms with E-state index in [-0.39, 0.29) is 29.5 Å². The third-order valence-corrected chi connectivity index (χ3v) is 3.50. The summed E-state index contributed by atoms with van der Waals surface area (Å²) in [6.45, 7) is 0.458. The van der Waals surface area contributed by atoms with Gasteiger partial charge in [0.1, 0.15) is 18.5 Å². The molecule has 108 valence electrons. The summed E-state index contributed by atoms with van der Waals surface area (Å²) in [4.78, 5) is 18.2. The van der Waals surface area contributed by atoms with E-state index in [9.17, 15) is 4.79 Å². The molecule has 1 saturated heterocycles. The second-order valence-corrected chi connectivity index (χ2v) is 4.66. The largest absolute Gasteiger partial charge is 0.382 e. The molecule has 1 aliphatic heterocycles. The zero-order valence-corrected chi connectivity index (χ0v) is 11.3. The lowest BCUT2D eigenvalue weighted by Gasteiger charge is -2.15. The summed E-state index contributed by atoms with van der Waals surface area (Å²) in [6.07, 6.45) is 3.23. The molecule has 0 saturated carbocycles. The number of aromatic amines is 1. The summed E-state index contributed by atoms with van der Waals surface area (Å²) < 4.78 is 18.0. The van der Waals surface area contributed by atoms with Crippen molar-refractivity contribution >= 4 is 5.65 Å². The van der Waals surface area contributed by atoms with Crippen LogP contribution in [0.4, 0.5) is 0 Å². The summed E-state index contributed by atoms with van der Waals surface area (Å²) in [5.74, 6) is 0. The molecule has 0 unspecified atom stereocenters. The van der Waals surface area contributed by atoms with Crippen molar-refractivity contribution < 1.29 is 14.2 Å². The number of aromatic nitrogens is 4. The van der Waals surface area contributed by atoms with E-state index in [0.717, 1.165) is 5.69 Å². The van der Waals surface area contributed by atoms with Crippen LogP contribution in [-0.2, 0) is 14.2 Å². The van der Waals surface area contributed by atoms with Crippen LogP contribution in [0.5, 0.6) is 0 Å². The van der Waals surface area contributed by atoms with Gasteiger partial charge in [0.2, 0.25) is 5.65 Å². The third kappa shape index (κ3) is 2.11. The predicted molar refractivity (Wildman–Crippen MR) is 68.5 cm³/mol. The molecule has 0 bridgehead atoms. The number of fused-ring (bicyclic) bond motifs is 1. The van der Waals surface area contributed by atoms with Crippen molar-refractivity contribution in [3.05, 3.63) is 28.6 Å². The van der Waals surface area contributed by atoms with Gasteiger partial charge in [0.15, 0.2) is 0 Å². The molecule has 1 aliphatic rings. The van der Waals surface area contributed by atoms with Crippen molar-refractivity contribution in [3.63, 3.8) is 0 Å². The molecular formula is C12H16N4O4. The number of imidazole rings is 1. The summed E-state index contributed by atoms with van der Waals surface area (Å²) in [5, 5.41) is 4.12. The highest BCUT2D eigenvalue weighted by molar-refractivity contribution is 5.35. The quantitative estimate of drug-likeness (QED) is 0.841. The number of hydrogen-bond donors (Lipinski definition) is 1. The molecular weight excluding hydrogens is 264 g/mol. The van der Waals surface area contributed by atoms with Gasteiger partial charge in [-0.15, -0.1) is 0 Å². The fourth-order valence-corrected chi connectivity index (χ4v) is 2.53. The molecule has 8 nitrogen and oxygen atoms in total. The van der Waals surface area contributed by atoms with Gasteiger partial charge in [-0.2, -0.15) is 5.10 Å². The van der Waals surface area contributed by atoms with Crippen LogP contribution >= 0.6 is 0 Å². The van der Waals surface area contributed by atoms with Gasteiger partial charge >= 0.3 is 0 Å². The molecule has 0 radical (unpaired) electrons. The summed E-state index contributed by atoms with van der Waals surface area (Å²) in [6, 6.07) is 0. The van der Waals surface area contributed by atoms with Crippen LogP contribution < -0.4 is 5.56 Å². The van der Waals surface area contributed by atoms with Gasteiger partial charge in [0, 0.05) is 20.6 Å². The molecule has 3 heterocycles. The maximum Gasteiger partial charge on any atom is 0.294 e. The Morgan fingerprint density at radius 1 is 1.55 bits per heavy atom. The molecule has 2 aromatic rings. The molecule has 0 amide bonds. The Hall–Kier alpha value is -1.77. The maximum atomic E-state index is 11.6. The Morgan fingerprint density at radius 3 is 3.15 bits per heavy atom. The third-order valence-electron chi connectivity index (χ3n) is 3.50. The van der Waals surface area contributed by atoms with E-state index in [0.29, 0.717) is 13.0 Å². The molecule has 2 aromatic heterocycles. The number of nitrogens with zero attached hydrogens (tertiary/aromatic N) is 3. The van der Waals surface area contributed by atoms with Crippen LogP contribution in [-0.4, -0.2) is 52.6 Å². The Morgan fingerprint density at radius 2 is 2.40 bits per heavy atom. The number of methoxy groups -OCH3 is 2. The van der Waals surface area contributed by atoms with Gasteiger partial charge in [0.25, 0.3) is 5.56 Å². The predicted octanol–water partition coefficient (Wildman–Crippen LogP) is -0.0910. The molecule has 0 spiro atoms. The van der Waals surface area contributed by atoms with Crippen molar-refractivity contribution in [2.45, 2.75) is 24.7 Å². The van der Waals surface area contributed by atoms with Crippen molar-refractivity contribution in [1.29, 1.82) is 0 Å². The first-order valence-electron chi connectivity index (χ1n) is 6.33. The van der Waals surface area contributed by atoms with Gasteiger partial charge < -0.3 is 19.2 Å². The fourth-order valence-electron chi connectivity index (χ4n) is 2.53. The average molecular weight is 280 g/mol. The van der Waals surface area contributed by atoms with E-state index in [4.69, 9.17) is 14.2 Å². The first-order chi connectivity index (χ1) is 9.74. The van der Waals surface area contributed by atoms with E-state index in [1.54, 1.807) is 20.4 Å². The van der Waals surface area contributed by atoms with Crippen LogP contribution in [0.2, 0.25) is 0 Å².